The van der Waals surface area contributed by atoms with Gasteiger partial charge in [-0.1, -0.05) is 44.2 Å². The summed E-state index contributed by atoms with van der Waals surface area (Å²) < 4.78 is 0. The van der Waals surface area contributed by atoms with Gasteiger partial charge in [-0.3, -0.25) is 0 Å². The van der Waals surface area contributed by atoms with Gasteiger partial charge in [-0.15, -0.1) is 0 Å². The highest BCUT2D eigenvalue weighted by molar-refractivity contribution is 8.07. The van der Waals surface area contributed by atoms with E-state index in [2.05, 4.69) is 31.4 Å². The lowest BCUT2D eigenvalue weighted by Crippen LogP contribution is -2.31. The first-order valence-corrected chi connectivity index (χ1v) is 6.67. The average Bonchev–Trinajstić information content (AvgIpc) is 2.35. The van der Waals surface area contributed by atoms with Gasteiger partial charge in [-0.25, -0.2) is 0 Å². The van der Waals surface area contributed by atoms with Crippen LogP contribution in [0.3, 0.4) is 0 Å². The van der Waals surface area contributed by atoms with E-state index in [4.69, 9.17) is 11.0 Å². The fourth-order valence-electron chi connectivity index (χ4n) is 2.38. The number of thioether (sulfide) groups is 1. The number of rotatable bonds is 2. The first-order valence-electron chi connectivity index (χ1n) is 5.86. The van der Waals surface area contributed by atoms with Crippen molar-refractivity contribution in [3.63, 3.8) is 0 Å². The van der Waals surface area contributed by atoms with Crippen molar-refractivity contribution in [2.45, 2.75) is 19.8 Å². The van der Waals surface area contributed by atoms with Gasteiger partial charge in [0.15, 0.2) is 0 Å². The summed E-state index contributed by atoms with van der Waals surface area (Å²) in [7, 11) is 0. The molecule has 0 fully saturated rings. The minimum atomic E-state index is -0.171. The second-order valence-electron chi connectivity index (χ2n) is 4.95. The molecule has 0 aromatic heterocycles. The molecule has 1 aromatic rings. The minimum absolute atomic E-state index is 0.147. The third kappa shape index (κ3) is 2.16. The molecule has 1 aliphatic rings. The number of nitriles is 1. The smallest absolute Gasteiger partial charge is 0.138 e. The molecule has 1 atom stereocenters. The molecule has 0 radical (unpaired) electrons. The number of hydrogen-bond donors (Lipinski definition) is 1. The zero-order valence-electron chi connectivity index (χ0n) is 10.6. The number of hydrogen-bond acceptors (Lipinski definition) is 3. The van der Waals surface area contributed by atoms with Gasteiger partial charge in [0.1, 0.15) is 5.40 Å². The van der Waals surface area contributed by atoms with Crippen LogP contribution >= 0.6 is 11.8 Å². The Labute approximate surface area is 112 Å². The molecule has 0 amide bonds. The minimum Gasteiger partial charge on any atom is -0.402 e. The van der Waals surface area contributed by atoms with Crippen molar-refractivity contribution < 1.29 is 0 Å². The van der Waals surface area contributed by atoms with E-state index >= 15 is 0 Å². The first-order chi connectivity index (χ1) is 8.57. The molecule has 1 aliphatic carbocycles. The Kier molecular flexibility index (Phi) is 3.49. The van der Waals surface area contributed by atoms with Crippen LogP contribution in [-0.2, 0) is 0 Å². The van der Waals surface area contributed by atoms with E-state index in [1.54, 1.807) is 0 Å². The molecule has 1 aromatic carbocycles. The third-order valence-corrected chi connectivity index (χ3v) is 4.17. The summed E-state index contributed by atoms with van der Waals surface area (Å²) in [5.74, 6) is 0.147. The highest BCUT2D eigenvalue weighted by atomic mass is 32.2. The molecule has 3 heteroatoms. The van der Waals surface area contributed by atoms with Crippen LogP contribution in [0, 0.1) is 16.1 Å². The molecule has 0 heterocycles. The van der Waals surface area contributed by atoms with Crippen molar-refractivity contribution in [3.8, 4) is 5.40 Å². The van der Waals surface area contributed by atoms with E-state index in [-0.39, 0.29) is 11.3 Å². The van der Waals surface area contributed by atoms with Crippen molar-refractivity contribution in [2.75, 3.05) is 0 Å². The van der Waals surface area contributed by atoms with Crippen LogP contribution in [0.4, 0.5) is 0 Å². The van der Waals surface area contributed by atoms with Gasteiger partial charge in [0.05, 0.1) is 0 Å². The first kappa shape index (κ1) is 12.8. The zero-order chi connectivity index (χ0) is 13.2. The fraction of sp³-hybridized carbons (Fsp3) is 0.267. The lowest BCUT2D eigenvalue weighted by molar-refractivity contribution is 0.384. The van der Waals surface area contributed by atoms with E-state index in [0.29, 0.717) is 0 Å². The summed E-state index contributed by atoms with van der Waals surface area (Å²) in [5.41, 5.74) is 8.01. The summed E-state index contributed by atoms with van der Waals surface area (Å²) >= 11 is 1.23. The Morgan fingerprint density at radius 1 is 1.22 bits per heavy atom. The monoisotopic (exact) mass is 256 g/mol. The van der Waals surface area contributed by atoms with Crippen molar-refractivity contribution in [1.82, 2.24) is 0 Å². The van der Waals surface area contributed by atoms with E-state index < -0.39 is 0 Å². The Morgan fingerprint density at radius 2 is 1.89 bits per heavy atom. The summed E-state index contributed by atoms with van der Waals surface area (Å²) in [6.07, 6.45) is 3.88. The molecular formula is C15H16N2S. The van der Waals surface area contributed by atoms with Crippen molar-refractivity contribution >= 4 is 11.8 Å². The lowest BCUT2D eigenvalue weighted by atomic mass is 9.70. The molecule has 1 unspecified atom stereocenters. The Bertz CT molecular complexity index is 535. The van der Waals surface area contributed by atoms with Gasteiger partial charge in [-0.2, -0.15) is 5.26 Å². The predicted octanol–water partition coefficient (Wildman–Crippen LogP) is 3.75. The molecule has 0 saturated carbocycles. The van der Waals surface area contributed by atoms with Gasteiger partial charge in [0.2, 0.25) is 0 Å². The van der Waals surface area contributed by atoms with Gasteiger partial charge in [0.25, 0.3) is 0 Å². The number of allylic oxidation sites excluding steroid dienone is 4. The number of nitrogens with zero attached hydrogens (tertiary/aromatic N) is 1. The highest BCUT2D eigenvalue weighted by Gasteiger charge is 2.37. The van der Waals surface area contributed by atoms with E-state index in [1.807, 2.05) is 30.4 Å². The molecule has 0 aliphatic heterocycles. The maximum Gasteiger partial charge on any atom is 0.138 e. The van der Waals surface area contributed by atoms with Crippen molar-refractivity contribution in [3.05, 3.63) is 58.6 Å². The Hall–Kier alpha value is -1.66. The average molecular weight is 256 g/mol. The molecule has 0 bridgehead atoms. The van der Waals surface area contributed by atoms with Gasteiger partial charge >= 0.3 is 0 Å². The maximum atomic E-state index is 8.94. The van der Waals surface area contributed by atoms with Crippen molar-refractivity contribution in [2.24, 2.45) is 11.1 Å². The predicted molar refractivity (Wildman–Crippen MR) is 76.5 cm³/mol. The van der Waals surface area contributed by atoms with Gasteiger partial charge < -0.3 is 5.73 Å². The molecule has 0 spiro atoms. The zero-order valence-corrected chi connectivity index (χ0v) is 11.4. The third-order valence-electron chi connectivity index (χ3n) is 3.47. The van der Waals surface area contributed by atoms with E-state index in [1.165, 1.54) is 17.3 Å². The van der Waals surface area contributed by atoms with Crippen LogP contribution < -0.4 is 5.73 Å². The Balaban J connectivity index is 2.51. The second kappa shape index (κ2) is 4.91. The molecule has 2 rings (SSSR count). The Morgan fingerprint density at radius 3 is 2.50 bits per heavy atom. The van der Waals surface area contributed by atoms with Crippen LogP contribution in [0.25, 0.3) is 0 Å². The normalized spacial score (nSPS) is 21.7. The standard InChI is InChI=1S/C15H16N2S/c1-15(2)13(17)9-8-12(18-10-16)14(15)11-6-4-3-5-7-11/h3-9,14H,17H2,1-2H3. The van der Waals surface area contributed by atoms with Crippen LogP contribution in [0.5, 0.6) is 0 Å². The summed E-state index contributed by atoms with van der Waals surface area (Å²) in [6.45, 7) is 4.25. The lowest BCUT2D eigenvalue weighted by Gasteiger charge is -2.38. The largest absolute Gasteiger partial charge is 0.402 e. The second-order valence-corrected chi connectivity index (χ2v) is 5.81. The van der Waals surface area contributed by atoms with Gasteiger partial charge in [0, 0.05) is 21.9 Å². The molecule has 18 heavy (non-hydrogen) atoms. The van der Waals surface area contributed by atoms with Crippen LogP contribution in [-0.4, -0.2) is 0 Å². The number of nitrogens with two attached hydrogens (primary N) is 1. The maximum absolute atomic E-state index is 8.94. The molecular weight excluding hydrogens is 240 g/mol. The summed E-state index contributed by atoms with van der Waals surface area (Å²) in [5, 5.41) is 11.1. The van der Waals surface area contributed by atoms with E-state index in [0.717, 1.165) is 10.6 Å². The molecule has 92 valence electrons. The number of thiocyanates is 1. The van der Waals surface area contributed by atoms with Crippen LogP contribution in [0.1, 0.15) is 25.3 Å². The molecule has 2 N–H and O–H groups in total. The van der Waals surface area contributed by atoms with E-state index in [9.17, 15) is 0 Å². The topological polar surface area (TPSA) is 49.8 Å². The fourth-order valence-corrected chi connectivity index (χ4v) is 3.17. The highest BCUT2D eigenvalue weighted by Crippen LogP contribution is 2.49. The summed E-state index contributed by atoms with van der Waals surface area (Å²) in [6, 6.07) is 10.2. The number of benzene rings is 1. The van der Waals surface area contributed by atoms with Crippen LogP contribution in [0.2, 0.25) is 0 Å². The quantitative estimate of drug-likeness (QED) is 0.820. The van der Waals surface area contributed by atoms with Crippen molar-refractivity contribution in [1.29, 1.82) is 5.26 Å². The van der Waals surface area contributed by atoms with Gasteiger partial charge in [-0.05, 0) is 29.5 Å². The van der Waals surface area contributed by atoms with Crippen LogP contribution in [0.15, 0.2) is 53.1 Å². The summed E-state index contributed by atoms with van der Waals surface area (Å²) in [4.78, 5) is 1.06. The molecule has 0 saturated heterocycles. The molecule has 2 nitrogen and oxygen atoms in total. The SMILES string of the molecule is CC1(C)C(N)=CC=C(SC#N)C1c1ccccc1.